The van der Waals surface area contributed by atoms with Gasteiger partial charge in [0.15, 0.2) is 0 Å². The van der Waals surface area contributed by atoms with Crippen LogP contribution in [0.25, 0.3) is 0 Å². The molecule has 0 bridgehead atoms. The van der Waals surface area contributed by atoms with Crippen molar-refractivity contribution < 1.29 is 9.53 Å². The molecule has 1 saturated carbocycles. The zero-order chi connectivity index (χ0) is 11.1. The van der Waals surface area contributed by atoms with Gasteiger partial charge in [-0.3, -0.25) is 4.79 Å². The zero-order valence-electron chi connectivity index (χ0n) is 8.95. The lowest BCUT2D eigenvalue weighted by Gasteiger charge is -2.27. The highest BCUT2D eigenvalue weighted by Crippen LogP contribution is 2.35. The molecule has 1 fully saturated rings. The maximum absolute atomic E-state index is 11.2. The predicted molar refractivity (Wildman–Crippen MR) is 61.5 cm³/mol. The van der Waals surface area contributed by atoms with E-state index in [2.05, 4.69) is 5.32 Å². The number of benzene rings is 1. The van der Waals surface area contributed by atoms with Crippen LogP contribution in [0.5, 0.6) is 5.75 Å². The Kier molecular flexibility index (Phi) is 2.02. The highest BCUT2D eigenvalue weighted by atomic mass is 16.5. The van der Waals surface area contributed by atoms with Crippen molar-refractivity contribution in [3.05, 3.63) is 17.7 Å². The molecule has 4 nitrogen and oxygen atoms in total. The van der Waals surface area contributed by atoms with Gasteiger partial charge in [0.05, 0.1) is 18.2 Å². The molecule has 0 atom stereocenters. The third-order valence-electron chi connectivity index (χ3n) is 3.21. The number of nitrogens with one attached hydrogen (secondary N) is 1. The van der Waals surface area contributed by atoms with Crippen molar-refractivity contribution in [2.45, 2.75) is 31.8 Å². The Morgan fingerprint density at radius 1 is 1.38 bits per heavy atom. The zero-order valence-corrected chi connectivity index (χ0v) is 8.95. The maximum atomic E-state index is 11.2. The maximum Gasteiger partial charge on any atom is 0.228 e. The number of carbonyl (C=O) groups is 1. The molecule has 3 N–H and O–H groups in total. The number of amides is 1. The number of hydrogen-bond donors (Lipinski definition) is 2. The largest absolute Gasteiger partial charge is 0.488 e. The third-order valence-corrected chi connectivity index (χ3v) is 3.21. The topological polar surface area (TPSA) is 64.3 Å². The van der Waals surface area contributed by atoms with Crippen LogP contribution in [-0.2, 0) is 11.2 Å². The monoisotopic (exact) mass is 218 g/mol. The highest BCUT2D eigenvalue weighted by Gasteiger charge is 2.23. The average molecular weight is 218 g/mol. The van der Waals surface area contributed by atoms with Crippen LogP contribution < -0.4 is 15.8 Å². The van der Waals surface area contributed by atoms with Crippen molar-refractivity contribution in [2.75, 3.05) is 11.1 Å². The number of fused-ring (bicyclic) bond motifs is 1. The van der Waals surface area contributed by atoms with Crippen LogP contribution in [0.3, 0.4) is 0 Å². The van der Waals surface area contributed by atoms with Gasteiger partial charge in [0.25, 0.3) is 0 Å². The number of nitrogen functional groups attached to an aromatic ring is 1. The molecule has 1 amide bonds. The molecule has 0 unspecified atom stereocenters. The summed E-state index contributed by atoms with van der Waals surface area (Å²) in [7, 11) is 0. The minimum absolute atomic E-state index is 0.0233. The first kappa shape index (κ1) is 9.51. The van der Waals surface area contributed by atoms with Gasteiger partial charge in [0, 0.05) is 11.8 Å². The number of ether oxygens (including phenoxy) is 1. The first-order valence-electron chi connectivity index (χ1n) is 5.61. The molecule has 16 heavy (non-hydrogen) atoms. The molecule has 0 radical (unpaired) electrons. The summed E-state index contributed by atoms with van der Waals surface area (Å²) >= 11 is 0. The summed E-state index contributed by atoms with van der Waals surface area (Å²) in [5.41, 5.74) is 8.33. The SMILES string of the molecule is Nc1cc2c(cc1OC1CCC1)NC(=O)C2. The van der Waals surface area contributed by atoms with Crippen molar-refractivity contribution in [1.82, 2.24) is 0 Å². The Morgan fingerprint density at radius 3 is 2.88 bits per heavy atom. The van der Waals surface area contributed by atoms with Crippen LogP contribution in [0, 0.1) is 0 Å². The molecular formula is C12H14N2O2. The van der Waals surface area contributed by atoms with E-state index in [1.165, 1.54) is 6.42 Å². The third kappa shape index (κ3) is 1.50. The van der Waals surface area contributed by atoms with Gasteiger partial charge in [0.1, 0.15) is 5.75 Å². The van der Waals surface area contributed by atoms with E-state index in [0.717, 1.165) is 24.1 Å². The van der Waals surface area contributed by atoms with Crippen LogP contribution in [0.2, 0.25) is 0 Å². The van der Waals surface area contributed by atoms with Gasteiger partial charge in [-0.25, -0.2) is 0 Å². The fourth-order valence-corrected chi connectivity index (χ4v) is 2.04. The molecule has 0 aromatic heterocycles. The van der Waals surface area contributed by atoms with E-state index in [-0.39, 0.29) is 5.91 Å². The summed E-state index contributed by atoms with van der Waals surface area (Å²) in [4.78, 5) is 11.2. The van der Waals surface area contributed by atoms with Gasteiger partial charge in [-0.15, -0.1) is 0 Å². The molecule has 84 valence electrons. The molecule has 4 heteroatoms. The molecule has 0 spiro atoms. The quantitative estimate of drug-likeness (QED) is 0.742. The summed E-state index contributed by atoms with van der Waals surface area (Å²) in [5.74, 6) is 0.723. The predicted octanol–water partition coefficient (Wildman–Crippen LogP) is 1.69. The first-order valence-corrected chi connectivity index (χ1v) is 5.61. The van der Waals surface area contributed by atoms with Gasteiger partial charge in [-0.2, -0.15) is 0 Å². The van der Waals surface area contributed by atoms with Crippen LogP contribution in [0.4, 0.5) is 11.4 Å². The summed E-state index contributed by atoms with van der Waals surface area (Å²) < 4.78 is 5.77. The Balaban J connectivity index is 1.88. The molecule has 3 rings (SSSR count). The Hall–Kier alpha value is -1.71. The summed E-state index contributed by atoms with van der Waals surface area (Å²) in [5, 5.41) is 2.80. The van der Waals surface area contributed by atoms with Crippen molar-refractivity contribution in [2.24, 2.45) is 0 Å². The summed E-state index contributed by atoms with van der Waals surface area (Å²) in [6.45, 7) is 0. The van der Waals surface area contributed by atoms with Gasteiger partial charge < -0.3 is 15.8 Å². The summed E-state index contributed by atoms with van der Waals surface area (Å²) in [6, 6.07) is 3.68. The van der Waals surface area contributed by atoms with Gasteiger partial charge in [-0.1, -0.05) is 0 Å². The second-order valence-corrected chi connectivity index (χ2v) is 4.44. The average Bonchev–Trinajstić information content (AvgIpc) is 2.50. The van der Waals surface area contributed by atoms with Crippen molar-refractivity contribution in [3.63, 3.8) is 0 Å². The lowest BCUT2D eigenvalue weighted by atomic mass is 9.96. The number of anilines is 2. The lowest BCUT2D eigenvalue weighted by Crippen LogP contribution is -2.25. The fourth-order valence-electron chi connectivity index (χ4n) is 2.04. The standard InChI is InChI=1S/C12H14N2O2/c13-9-4-7-5-12(15)14-10(7)6-11(9)16-8-2-1-3-8/h4,6,8H,1-3,5,13H2,(H,14,15). The summed E-state index contributed by atoms with van der Waals surface area (Å²) in [6.07, 6.45) is 4.15. The number of hydrogen-bond acceptors (Lipinski definition) is 3. The second kappa shape index (κ2) is 3.40. The molecule has 0 saturated heterocycles. The Bertz CT molecular complexity index is 453. The smallest absolute Gasteiger partial charge is 0.228 e. The van der Waals surface area contributed by atoms with E-state index in [1.54, 1.807) is 0 Å². The minimum Gasteiger partial charge on any atom is -0.488 e. The number of rotatable bonds is 2. The molecule has 2 aliphatic rings. The van der Waals surface area contributed by atoms with E-state index in [0.29, 0.717) is 24.0 Å². The van der Waals surface area contributed by atoms with Crippen LogP contribution >= 0.6 is 0 Å². The van der Waals surface area contributed by atoms with Gasteiger partial charge >= 0.3 is 0 Å². The Labute approximate surface area is 93.8 Å². The highest BCUT2D eigenvalue weighted by molar-refractivity contribution is 6.00. The Morgan fingerprint density at radius 2 is 2.19 bits per heavy atom. The van der Waals surface area contributed by atoms with Gasteiger partial charge in [-0.05, 0) is 30.9 Å². The molecule has 1 aromatic rings. The van der Waals surface area contributed by atoms with E-state index >= 15 is 0 Å². The van der Waals surface area contributed by atoms with Crippen LogP contribution in [-0.4, -0.2) is 12.0 Å². The van der Waals surface area contributed by atoms with E-state index in [9.17, 15) is 4.79 Å². The molecular weight excluding hydrogens is 204 g/mol. The number of nitrogens with two attached hydrogens (primary N) is 1. The van der Waals surface area contributed by atoms with Crippen molar-refractivity contribution in [3.8, 4) is 5.75 Å². The molecule has 1 aliphatic carbocycles. The number of carbonyl (C=O) groups excluding carboxylic acids is 1. The molecule has 1 heterocycles. The van der Waals surface area contributed by atoms with E-state index in [4.69, 9.17) is 10.5 Å². The normalized spacial score (nSPS) is 18.9. The minimum atomic E-state index is 0.0233. The van der Waals surface area contributed by atoms with E-state index in [1.807, 2.05) is 12.1 Å². The van der Waals surface area contributed by atoms with Crippen molar-refractivity contribution in [1.29, 1.82) is 0 Å². The fraction of sp³-hybridized carbons (Fsp3) is 0.417. The lowest BCUT2D eigenvalue weighted by molar-refractivity contribution is -0.115. The first-order chi connectivity index (χ1) is 7.72. The van der Waals surface area contributed by atoms with Crippen LogP contribution in [0.1, 0.15) is 24.8 Å². The van der Waals surface area contributed by atoms with Crippen LogP contribution in [0.15, 0.2) is 12.1 Å². The molecule has 1 aromatic carbocycles. The van der Waals surface area contributed by atoms with Gasteiger partial charge in [0.2, 0.25) is 5.91 Å². The second-order valence-electron chi connectivity index (χ2n) is 4.44. The van der Waals surface area contributed by atoms with E-state index < -0.39 is 0 Å². The van der Waals surface area contributed by atoms with Crippen molar-refractivity contribution >= 4 is 17.3 Å². The molecule has 1 aliphatic heterocycles.